The molecule has 0 fully saturated rings. The number of carboxylic acid groups (broad SMARTS) is 1. The van der Waals surface area contributed by atoms with Crippen LogP contribution in [0.1, 0.15) is 27.8 Å². The first-order valence-electron chi connectivity index (χ1n) is 5.21. The fourth-order valence-corrected chi connectivity index (χ4v) is 1.55. The molecule has 0 saturated heterocycles. The normalized spacial score (nSPS) is 10.6. The molecule has 2 rings (SSSR count). The van der Waals surface area contributed by atoms with Crippen LogP contribution in [0.15, 0.2) is 21.6 Å². The van der Waals surface area contributed by atoms with Crippen LogP contribution in [-0.2, 0) is 6.54 Å². The lowest BCUT2D eigenvalue weighted by Crippen LogP contribution is -2.19. The van der Waals surface area contributed by atoms with E-state index in [4.69, 9.17) is 9.63 Å². The van der Waals surface area contributed by atoms with Crippen molar-refractivity contribution in [2.75, 3.05) is 0 Å². The molecule has 2 aromatic heterocycles. The van der Waals surface area contributed by atoms with E-state index in [0.29, 0.717) is 17.4 Å². The van der Waals surface area contributed by atoms with Gasteiger partial charge in [-0.3, -0.25) is 4.79 Å². The number of nitrogens with zero attached hydrogens (tertiary/aromatic N) is 3. The molecule has 0 saturated carbocycles. The van der Waals surface area contributed by atoms with Gasteiger partial charge in [0.2, 0.25) is 5.89 Å². The van der Waals surface area contributed by atoms with Gasteiger partial charge in [-0.2, -0.15) is 4.98 Å². The molecule has 2 heterocycles. The summed E-state index contributed by atoms with van der Waals surface area (Å²) in [6.45, 7) is 3.62. The van der Waals surface area contributed by atoms with Gasteiger partial charge in [-0.05, 0) is 13.8 Å². The highest BCUT2D eigenvalue weighted by molar-refractivity contribution is 5.87. The van der Waals surface area contributed by atoms with Gasteiger partial charge < -0.3 is 14.2 Å². The smallest absolute Gasteiger partial charge is 0.341 e. The molecular weight excluding hydrogens is 238 g/mol. The molecule has 18 heavy (non-hydrogen) atoms. The van der Waals surface area contributed by atoms with Gasteiger partial charge in [0, 0.05) is 18.0 Å². The molecule has 0 spiro atoms. The van der Waals surface area contributed by atoms with Crippen molar-refractivity contribution in [3.8, 4) is 0 Å². The molecule has 0 aliphatic rings. The second kappa shape index (κ2) is 4.44. The standard InChI is InChI=1S/C11H11N3O4/c1-6-3-9(15)8(11(16)17)4-14(6)5-10-12-7(2)13-18-10/h3-4H,5H2,1-2H3,(H,16,17). The average molecular weight is 249 g/mol. The summed E-state index contributed by atoms with van der Waals surface area (Å²) in [5.74, 6) is -0.395. The molecule has 0 atom stereocenters. The van der Waals surface area contributed by atoms with Crippen molar-refractivity contribution in [2.24, 2.45) is 0 Å². The van der Waals surface area contributed by atoms with E-state index >= 15 is 0 Å². The molecule has 7 nitrogen and oxygen atoms in total. The largest absolute Gasteiger partial charge is 0.477 e. The summed E-state index contributed by atoms with van der Waals surface area (Å²) in [6.07, 6.45) is 1.28. The molecule has 0 aromatic carbocycles. The zero-order valence-electron chi connectivity index (χ0n) is 9.88. The van der Waals surface area contributed by atoms with Crippen LogP contribution >= 0.6 is 0 Å². The van der Waals surface area contributed by atoms with Gasteiger partial charge in [-0.25, -0.2) is 4.79 Å². The van der Waals surface area contributed by atoms with Crippen molar-refractivity contribution in [1.82, 2.24) is 14.7 Å². The van der Waals surface area contributed by atoms with Gasteiger partial charge in [0.25, 0.3) is 0 Å². The van der Waals surface area contributed by atoms with E-state index in [-0.39, 0.29) is 12.1 Å². The first-order chi connectivity index (χ1) is 8.47. The minimum atomic E-state index is -1.25. The van der Waals surface area contributed by atoms with Gasteiger partial charge in [-0.15, -0.1) is 0 Å². The van der Waals surface area contributed by atoms with E-state index in [1.807, 2.05) is 0 Å². The topological polar surface area (TPSA) is 98.2 Å². The van der Waals surface area contributed by atoms with Crippen molar-refractivity contribution in [3.63, 3.8) is 0 Å². The van der Waals surface area contributed by atoms with Gasteiger partial charge in [0.1, 0.15) is 12.1 Å². The fourth-order valence-electron chi connectivity index (χ4n) is 1.55. The molecule has 2 aromatic rings. The Morgan fingerprint density at radius 3 is 2.78 bits per heavy atom. The Morgan fingerprint density at radius 2 is 2.22 bits per heavy atom. The van der Waals surface area contributed by atoms with E-state index in [2.05, 4.69) is 10.1 Å². The number of hydrogen-bond acceptors (Lipinski definition) is 5. The Bertz CT molecular complexity index is 657. The first kappa shape index (κ1) is 12.0. The van der Waals surface area contributed by atoms with Crippen molar-refractivity contribution in [2.45, 2.75) is 20.4 Å². The number of hydrogen-bond donors (Lipinski definition) is 1. The molecule has 0 aliphatic carbocycles. The Balaban J connectivity index is 2.41. The first-order valence-corrected chi connectivity index (χ1v) is 5.21. The lowest BCUT2D eigenvalue weighted by Gasteiger charge is -2.08. The highest BCUT2D eigenvalue weighted by atomic mass is 16.5. The van der Waals surface area contributed by atoms with Crippen LogP contribution in [0, 0.1) is 13.8 Å². The number of carboxylic acids is 1. The fraction of sp³-hybridized carbons (Fsp3) is 0.273. The van der Waals surface area contributed by atoms with Crippen LogP contribution in [0.4, 0.5) is 0 Å². The minimum absolute atomic E-state index is 0.229. The number of rotatable bonds is 3. The van der Waals surface area contributed by atoms with Gasteiger partial charge in [0.05, 0.1) is 0 Å². The number of aromatic nitrogens is 3. The zero-order valence-corrected chi connectivity index (χ0v) is 9.88. The van der Waals surface area contributed by atoms with E-state index in [9.17, 15) is 9.59 Å². The summed E-state index contributed by atoms with van der Waals surface area (Å²) < 4.78 is 6.53. The van der Waals surface area contributed by atoms with Crippen molar-refractivity contribution < 1.29 is 14.4 Å². The Kier molecular flexibility index (Phi) is 2.97. The quantitative estimate of drug-likeness (QED) is 0.855. The maximum absolute atomic E-state index is 11.4. The predicted molar refractivity (Wildman–Crippen MR) is 60.5 cm³/mol. The molecule has 0 radical (unpaired) electrons. The summed E-state index contributed by atoms with van der Waals surface area (Å²) in [4.78, 5) is 26.3. The third kappa shape index (κ3) is 2.29. The SMILES string of the molecule is Cc1noc(Cn2cc(C(=O)O)c(=O)cc2C)n1. The molecule has 7 heteroatoms. The Hall–Kier alpha value is -2.44. The number of carbonyl (C=O) groups is 1. The molecule has 0 unspecified atom stereocenters. The van der Waals surface area contributed by atoms with Gasteiger partial charge >= 0.3 is 5.97 Å². The molecular formula is C11H11N3O4. The molecule has 0 bridgehead atoms. The van der Waals surface area contributed by atoms with Crippen LogP contribution in [0.25, 0.3) is 0 Å². The third-order valence-corrected chi connectivity index (χ3v) is 2.45. The molecule has 0 aliphatic heterocycles. The highest BCUT2D eigenvalue weighted by Crippen LogP contribution is 2.04. The van der Waals surface area contributed by atoms with Gasteiger partial charge in [-0.1, -0.05) is 5.16 Å². The van der Waals surface area contributed by atoms with Crippen LogP contribution in [0.5, 0.6) is 0 Å². The summed E-state index contributed by atoms with van der Waals surface area (Å²) >= 11 is 0. The predicted octanol–water partition coefficient (Wildman–Crippen LogP) is 0.595. The van der Waals surface area contributed by atoms with E-state index in [1.165, 1.54) is 12.3 Å². The van der Waals surface area contributed by atoms with E-state index in [0.717, 1.165) is 0 Å². The average Bonchev–Trinajstić information content (AvgIpc) is 2.67. The lowest BCUT2D eigenvalue weighted by atomic mass is 10.2. The van der Waals surface area contributed by atoms with Crippen molar-refractivity contribution in [3.05, 3.63) is 45.5 Å². The maximum Gasteiger partial charge on any atom is 0.341 e. The number of aryl methyl sites for hydroxylation is 2. The zero-order chi connectivity index (χ0) is 13.3. The number of pyridine rings is 1. The second-order valence-electron chi connectivity index (χ2n) is 3.86. The summed E-state index contributed by atoms with van der Waals surface area (Å²) in [7, 11) is 0. The van der Waals surface area contributed by atoms with Crippen LogP contribution in [0.3, 0.4) is 0 Å². The highest BCUT2D eigenvalue weighted by Gasteiger charge is 2.12. The Labute approximate surface area is 102 Å². The molecule has 1 N–H and O–H groups in total. The van der Waals surface area contributed by atoms with Crippen LogP contribution in [-0.4, -0.2) is 25.8 Å². The van der Waals surface area contributed by atoms with E-state index < -0.39 is 11.4 Å². The molecule has 0 amide bonds. The van der Waals surface area contributed by atoms with Crippen molar-refractivity contribution >= 4 is 5.97 Å². The number of aromatic carboxylic acids is 1. The summed E-state index contributed by atoms with van der Waals surface area (Å²) in [5, 5.41) is 12.5. The Morgan fingerprint density at radius 1 is 1.50 bits per heavy atom. The van der Waals surface area contributed by atoms with Crippen LogP contribution < -0.4 is 5.43 Å². The van der Waals surface area contributed by atoms with Gasteiger partial charge in [0.15, 0.2) is 11.3 Å². The second-order valence-corrected chi connectivity index (χ2v) is 3.86. The minimum Gasteiger partial charge on any atom is -0.477 e. The van der Waals surface area contributed by atoms with Crippen molar-refractivity contribution in [1.29, 1.82) is 0 Å². The van der Waals surface area contributed by atoms with Crippen LogP contribution in [0.2, 0.25) is 0 Å². The summed E-state index contributed by atoms with van der Waals surface area (Å²) in [6, 6.07) is 1.27. The summed E-state index contributed by atoms with van der Waals surface area (Å²) in [5.41, 5.74) is -0.171. The monoisotopic (exact) mass is 249 g/mol. The van der Waals surface area contributed by atoms with E-state index in [1.54, 1.807) is 18.4 Å². The molecule has 94 valence electrons. The maximum atomic E-state index is 11.4. The third-order valence-electron chi connectivity index (χ3n) is 2.45. The lowest BCUT2D eigenvalue weighted by molar-refractivity contribution is 0.0694.